The zero-order valence-corrected chi connectivity index (χ0v) is 10.8. The van der Waals surface area contributed by atoms with E-state index in [-0.39, 0.29) is 5.82 Å². The van der Waals surface area contributed by atoms with E-state index in [0.717, 1.165) is 18.8 Å². The van der Waals surface area contributed by atoms with E-state index in [1.165, 1.54) is 23.3 Å². The first-order chi connectivity index (χ1) is 9.15. The normalized spacial score (nSPS) is 15.4. The Morgan fingerprint density at radius 3 is 2.32 bits per heavy atom. The van der Waals surface area contributed by atoms with Crippen LogP contribution in [0.1, 0.15) is 29.7 Å². The maximum atomic E-state index is 13.3. The lowest BCUT2D eigenvalue weighted by atomic mass is 10.1. The van der Waals surface area contributed by atoms with E-state index in [1.807, 2.05) is 12.1 Å². The first-order valence-electron chi connectivity index (χ1n) is 6.44. The van der Waals surface area contributed by atoms with Crippen molar-refractivity contribution in [1.29, 1.82) is 0 Å². The number of nitrogens with zero attached hydrogens (tertiary/aromatic N) is 1. The highest BCUT2D eigenvalue weighted by atomic mass is 19.1. The van der Waals surface area contributed by atoms with Crippen molar-refractivity contribution in [2.75, 3.05) is 4.90 Å². The number of halogens is 1. The topological polar surface area (TPSA) is 23.5 Å². The van der Waals surface area contributed by atoms with Gasteiger partial charge >= 0.3 is 0 Å². The second kappa shape index (κ2) is 4.67. The van der Waals surface area contributed by atoms with Crippen molar-refractivity contribution in [3.8, 4) is 0 Å². The summed E-state index contributed by atoms with van der Waals surface area (Å²) < 4.78 is 13.3. The van der Waals surface area contributed by atoms with Gasteiger partial charge in [-0.15, -0.1) is 0 Å². The average Bonchev–Trinajstić information content (AvgIpc) is 2.82. The summed E-state index contributed by atoms with van der Waals surface area (Å²) in [6.07, 6.45) is -0.672. The van der Waals surface area contributed by atoms with Gasteiger partial charge in [-0.05, 0) is 36.2 Å². The van der Waals surface area contributed by atoms with E-state index in [0.29, 0.717) is 5.56 Å². The third-order valence-corrected chi connectivity index (χ3v) is 3.62. The van der Waals surface area contributed by atoms with Gasteiger partial charge in [0, 0.05) is 24.3 Å². The van der Waals surface area contributed by atoms with Crippen LogP contribution in [-0.2, 0) is 13.1 Å². The molecule has 1 heterocycles. The van der Waals surface area contributed by atoms with E-state index in [9.17, 15) is 9.50 Å². The molecule has 0 saturated carbocycles. The van der Waals surface area contributed by atoms with Crippen LogP contribution in [0.3, 0.4) is 0 Å². The zero-order chi connectivity index (χ0) is 13.4. The molecule has 1 atom stereocenters. The molecule has 98 valence electrons. The lowest BCUT2D eigenvalue weighted by Crippen LogP contribution is -2.17. The van der Waals surface area contributed by atoms with Gasteiger partial charge in [-0.3, -0.25) is 0 Å². The molecule has 0 saturated heterocycles. The van der Waals surface area contributed by atoms with Gasteiger partial charge in [0.25, 0.3) is 0 Å². The van der Waals surface area contributed by atoms with Gasteiger partial charge in [0.05, 0.1) is 6.10 Å². The lowest BCUT2D eigenvalue weighted by molar-refractivity contribution is 0.199. The quantitative estimate of drug-likeness (QED) is 0.891. The largest absolute Gasteiger partial charge is 0.389 e. The Morgan fingerprint density at radius 1 is 1.11 bits per heavy atom. The molecule has 0 spiro atoms. The Hall–Kier alpha value is -1.87. The van der Waals surface area contributed by atoms with Crippen molar-refractivity contribution >= 4 is 5.69 Å². The predicted molar refractivity (Wildman–Crippen MR) is 73.4 cm³/mol. The third-order valence-electron chi connectivity index (χ3n) is 3.62. The van der Waals surface area contributed by atoms with Crippen LogP contribution in [-0.4, -0.2) is 5.11 Å². The molecule has 1 N–H and O–H groups in total. The van der Waals surface area contributed by atoms with Crippen molar-refractivity contribution in [3.05, 3.63) is 65.0 Å². The van der Waals surface area contributed by atoms with Crippen molar-refractivity contribution in [3.63, 3.8) is 0 Å². The summed E-state index contributed by atoms with van der Waals surface area (Å²) in [5.41, 5.74) is 4.15. The summed E-state index contributed by atoms with van der Waals surface area (Å²) in [6.45, 7) is 3.28. The summed E-state index contributed by atoms with van der Waals surface area (Å²) in [4.78, 5) is 2.17. The van der Waals surface area contributed by atoms with Gasteiger partial charge in [-0.25, -0.2) is 4.39 Å². The van der Waals surface area contributed by atoms with E-state index >= 15 is 0 Å². The Morgan fingerprint density at radius 2 is 1.74 bits per heavy atom. The molecule has 2 nitrogen and oxygen atoms in total. The summed E-state index contributed by atoms with van der Waals surface area (Å²) in [5.74, 6) is -0.309. The Labute approximate surface area is 112 Å². The molecule has 2 aromatic carbocycles. The molecule has 0 unspecified atom stereocenters. The lowest BCUT2D eigenvalue weighted by Gasteiger charge is -2.22. The van der Waals surface area contributed by atoms with Crippen molar-refractivity contribution in [2.24, 2.45) is 0 Å². The fourth-order valence-electron chi connectivity index (χ4n) is 2.65. The Bertz CT molecular complexity index is 584. The molecule has 0 aliphatic carbocycles. The van der Waals surface area contributed by atoms with Crippen LogP contribution in [0.25, 0.3) is 0 Å². The standard InChI is InChI=1S/C16H16FNO/c1-11(19)15-8-14(17)6-7-16(15)18-9-12-4-2-3-5-13(12)10-18/h2-8,11,19H,9-10H2,1H3/t11-/m1/s1. The molecular formula is C16H16FNO. The number of benzene rings is 2. The van der Waals surface area contributed by atoms with Crippen LogP contribution < -0.4 is 4.90 Å². The smallest absolute Gasteiger partial charge is 0.123 e. The number of aliphatic hydroxyl groups excluding tert-OH is 1. The minimum atomic E-state index is -0.672. The maximum absolute atomic E-state index is 13.3. The Kier molecular flexibility index (Phi) is 2.99. The summed E-state index contributed by atoms with van der Waals surface area (Å²) >= 11 is 0. The van der Waals surface area contributed by atoms with Gasteiger partial charge in [0.15, 0.2) is 0 Å². The van der Waals surface area contributed by atoms with Crippen LogP contribution in [0.15, 0.2) is 42.5 Å². The minimum Gasteiger partial charge on any atom is -0.389 e. The molecule has 0 radical (unpaired) electrons. The van der Waals surface area contributed by atoms with Crippen LogP contribution in [0, 0.1) is 5.82 Å². The highest BCUT2D eigenvalue weighted by Crippen LogP contribution is 2.33. The summed E-state index contributed by atoms with van der Waals surface area (Å²) in [7, 11) is 0. The van der Waals surface area contributed by atoms with Crippen molar-refractivity contribution < 1.29 is 9.50 Å². The Balaban J connectivity index is 1.97. The van der Waals surface area contributed by atoms with Gasteiger partial charge in [-0.1, -0.05) is 24.3 Å². The average molecular weight is 257 g/mol. The highest BCUT2D eigenvalue weighted by Gasteiger charge is 2.22. The van der Waals surface area contributed by atoms with Gasteiger partial charge in [0.1, 0.15) is 5.82 Å². The molecular weight excluding hydrogens is 241 g/mol. The first kappa shape index (κ1) is 12.2. The molecule has 3 heteroatoms. The van der Waals surface area contributed by atoms with E-state index in [4.69, 9.17) is 0 Å². The molecule has 0 amide bonds. The second-order valence-electron chi connectivity index (χ2n) is 5.00. The molecule has 0 bridgehead atoms. The zero-order valence-electron chi connectivity index (χ0n) is 10.8. The molecule has 0 fully saturated rings. The van der Waals surface area contributed by atoms with Gasteiger partial charge in [-0.2, -0.15) is 0 Å². The number of anilines is 1. The molecule has 2 aromatic rings. The van der Waals surface area contributed by atoms with Gasteiger partial charge < -0.3 is 10.0 Å². The number of fused-ring (bicyclic) bond motifs is 1. The summed E-state index contributed by atoms with van der Waals surface area (Å²) in [5, 5.41) is 9.81. The van der Waals surface area contributed by atoms with Crippen LogP contribution in [0.2, 0.25) is 0 Å². The highest BCUT2D eigenvalue weighted by molar-refractivity contribution is 5.58. The van der Waals surface area contributed by atoms with Crippen LogP contribution in [0.5, 0.6) is 0 Å². The molecule has 0 aromatic heterocycles. The van der Waals surface area contributed by atoms with Crippen LogP contribution in [0.4, 0.5) is 10.1 Å². The minimum absolute atomic E-state index is 0.309. The van der Waals surface area contributed by atoms with Crippen molar-refractivity contribution in [1.82, 2.24) is 0 Å². The molecule has 3 rings (SSSR count). The number of aliphatic hydroxyl groups is 1. The van der Waals surface area contributed by atoms with E-state index in [2.05, 4.69) is 17.0 Å². The molecule has 1 aliphatic rings. The number of hydrogen-bond acceptors (Lipinski definition) is 2. The number of rotatable bonds is 2. The second-order valence-corrected chi connectivity index (χ2v) is 5.00. The SMILES string of the molecule is C[C@@H](O)c1cc(F)ccc1N1Cc2ccccc2C1. The monoisotopic (exact) mass is 257 g/mol. The first-order valence-corrected chi connectivity index (χ1v) is 6.44. The van der Waals surface area contributed by atoms with Crippen LogP contribution >= 0.6 is 0 Å². The fourth-order valence-corrected chi connectivity index (χ4v) is 2.65. The predicted octanol–water partition coefficient (Wildman–Crippen LogP) is 3.40. The van der Waals surface area contributed by atoms with Crippen molar-refractivity contribution in [2.45, 2.75) is 26.1 Å². The maximum Gasteiger partial charge on any atom is 0.123 e. The van der Waals surface area contributed by atoms with Gasteiger partial charge in [0.2, 0.25) is 0 Å². The third kappa shape index (κ3) is 2.22. The fraction of sp³-hybridized carbons (Fsp3) is 0.250. The number of hydrogen-bond donors (Lipinski definition) is 1. The van der Waals surface area contributed by atoms with E-state index < -0.39 is 6.10 Å². The molecule has 1 aliphatic heterocycles. The summed E-state index contributed by atoms with van der Waals surface area (Å²) in [6, 6.07) is 12.9. The molecule has 19 heavy (non-hydrogen) atoms. The van der Waals surface area contributed by atoms with E-state index in [1.54, 1.807) is 13.0 Å².